The molecule has 6 heteroatoms. The zero-order chi connectivity index (χ0) is 16.5. The Labute approximate surface area is 126 Å². The van der Waals surface area contributed by atoms with Gasteiger partial charge in [0.25, 0.3) is 0 Å². The van der Waals surface area contributed by atoms with Gasteiger partial charge in [0, 0.05) is 11.1 Å². The smallest absolute Gasteiger partial charge is 0.194 e. The maximum absolute atomic E-state index is 14.6. The lowest BCUT2D eigenvalue weighted by atomic mass is 9.94. The average molecular weight is 306 g/mol. The second-order valence-electron chi connectivity index (χ2n) is 5.41. The highest BCUT2D eigenvalue weighted by Gasteiger charge is 2.26. The van der Waals surface area contributed by atoms with Crippen molar-refractivity contribution in [3.8, 4) is 11.3 Å². The van der Waals surface area contributed by atoms with Gasteiger partial charge in [-0.1, -0.05) is 0 Å². The van der Waals surface area contributed by atoms with Crippen LogP contribution in [0.3, 0.4) is 0 Å². The third-order valence-electron chi connectivity index (χ3n) is 3.21. The largest absolute Gasteiger partial charge is 0.386 e. The van der Waals surface area contributed by atoms with E-state index in [9.17, 15) is 18.7 Å². The van der Waals surface area contributed by atoms with Gasteiger partial charge in [-0.3, -0.25) is 4.79 Å². The lowest BCUT2D eigenvalue weighted by molar-refractivity contribution is 0.0743. The topological polar surface area (TPSA) is 76.2 Å². The summed E-state index contributed by atoms with van der Waals surface area (Å²) in [5.74, 6) is -1.71. The van der Waals surface area contributed by atoms with Crippen molar-refractivity contribution < 1.29 is 18.7 Å². The van der Waals surface area contributed by atoms with Gasteiger partial charge in [-0.25, -0.2) is 13.8 Å². The highest BCUT2D eigenvalue weighted by Crippen LogP contribution is 2.30. The number of pyridine rings is 1. The van der Waals surface area contributed by atoms with Gasteiger partial charge in [0.05, 0.1) is 12.1 Å². The Morgan fingerprint density at radius 3 is 2.36 bits per heavy atom. The van der Waals surface area contributed by atoms with Gasteiger partial charge in [-0.05, 0) is 44.2 Å². The molecule has 4 nitrogen and oxygen atoms in total. The van der Waals surface area contributed by atoms with Crippen LogP contribution in [0.25, 0.3) is 11.3 Å². The molecule has 3 N–H and O–H groups in total. The summed E-state index contributed by atoms with van der Waals surface area (Å²) in [5, 5.41) is 10.1. The van der Waals surface area contributed by atoms with Crippen LogP contribution in [-0.2, 0) is 5.60 Å². The fraction of sp³-hybridized carbons (Fsp3) is 0.250. The highest BCUT2D eigenvalue weighted by molar-refractivity contribution is 5.96. The molecule has 22 heavy (non-hydrogen) atoms. The van der Waals surface area contributed by atoms with Gasteiger partial charge < -0.3 is 10.8 Å². The molecule has 0 aliphatic carbocycles. The van der Waals surface area contributed by atoms with Gasteiger partial charge in [0.2, 0.25) is 0 Å². The number of aliphatic hydroxyl groups is 1. The van der Waals surface area contributed by atoms with E-state index in [1.54, 1.807) is 0 Å². The molecular weight excluding hydrogens is 290 g/mol. The van der Waals surface area contributed by atoms with Crippen molar-refractivity contribution in [3.63, 3.8) is 0 Å². The Morgan fingerprint density at radius 1 is 1.27 bits per heavy atom. The second-order valence-corrected chi connectivity index (χ2v) is 5.41. The van der Waals surface area contributed by atoms with Crippen LogP contribution >= 0.6 is 0 Å². The first-order valence-corrected chi connectivity index (χ1v) is 6.66. The minimum atomic E-state index is -1.51. The number of halogens is 2. The molecule has 0 radical (unpaired) electrons. The number of hydrogen-bond acceptors (Lipinski definition) is 4. The normalized spacial score (nSPS) is 11.5. The molecule has 0 saturated heterocycles. The second kappa shape index (κ2) is 5.90. The van der Waals surface area contributed by atoms with Crippen LogP contribution in [0.5, 0.6) is 0 Å². The Kier molecular flexibility index (Phi) is 4.35. The zero-order valence-corrected chi connectivity index (χ0v) is 12.2. The highest BCUT2D eigenvalue weighted by atomic mass is 19.1. The lowest BCUT2D eigenvalue weighted by Crippen LogP contribution is -2.22. The van der Waals surface area contributed by atoms with E-state index in [2.05, 4.69) is 4.98 Å². The minimum absolute atomic E-state index is 0.0413. The molecule has 0 amide bonds. The van der Waals surface area contributed by atoms with Crippen LogP contribution in [0.4, 0.5) is 8.78 Å². The summed E-state index contributed by atoms with van der Waals surface area (Å²) in [6.45, 7) is 2.51. The Hall–Kier alpha value is -2.18. The Balaban J connectivity index is 2.71. The predicted molar refractivity (Wildman–Crippen MR) is 78.2 cm³/mol. The fourth-order valence-electron chi connectivity index (χ4n) is 2.02. The number of hydrogen-bond donors (Lipinski definition) is 2. The predicted octanol–water partition coefficient (Wildman–Crippen LogP) is 2.40. The first-order valence-electron chi connectivity index (χ1n) is 6.66. The summed E-state index contributed by atoms with van der Waals surface area (Å²) < 4.78 is 27.7. The van der Waals surface area contributed by atoms with Crippen molar-refractivity contribution in [1.82, 2.24) is 4.98 Å². The third-order valence-corrected chi connectivity index (χ3v) is 3.21. The van der Waals surface area contributed by atoms with Crippen LogP contribution in [-0.4, -0.2) is 22.4 Å². The number of ketones is 1. The van der Waals surface area contributed by atoms with Crippen molar-refractivity contribution in [1.29, 1.82) is 0 Å². The van der Waals surface area contributed by atoms with E-state index in [0.29, 0.717) is 5.56 Å². The monoisotopic (exact) mass is 306 g/mol. The molecule has 2 aromatic rings. The van der Waals surface area contributed by atoms with Crippen molar-refractivity contribution in [3.05, 3.63) is 53.2 Å². The SMILES string of the molecule is CC(C)(O)c1cc(C(=O)CN)nc(-c2ccc(F)cc2)c1F. The summed E-state index contributed by atoms with van der Waals surface area (Å²) in [6.07, 6.45) is 0. The number of benzene rings is 1. The molecular formula is C16H16F2N2O2. The van der Waals surface area contributed by atoms with E-state index in [4.69, 9.17) is 5.73 Å². The fourth-order valence-corrected chi connectivity index (χ4v) is 2.02. The van der Waals surface area contributed by atoms with Crippen LogP contribution in [0.15, 0.2) is 30.3 Å². The van der Waals surface area contributed by atoms with Crippen LogP contribution in [0.2, 0.25) is 0 Å². The molecule has 2 rings (SSSR count). The first kappa shape index (κ1) is 16.2. The average Bonchev–Trinajstić information content (AvgIpc) is 2.46. The first-order chi connectivity index (χ1) is 10.2. The van der Waals surface area contributed by atoms with E-state index in [1.165, 1.54) is 32.0 Å². The van der Waals surface area contributed by atoms with Gasteiger partial charge in [0.1, 0.15) is 17.2 Å². The quantitative estimate of drug-likeness (QED) is 0.850. The molecule has 116 valence electrons. The molecule has 1 aromatic heterocycles. The molecule has 1 heterocycles. The van der Waals surface area contributed by atoms with Crippen molar-refractivity contribution in [2.45, 2.75) is 19.4 Å². The molecule has 1 aromatic carbocycles. The molecule has 0 aliphatic rings. The number of nitrogens with two attached hydrogens (primary N) is 1. The summed E-state index contributed by atoms with van der Waals surface area (Å²) in [6, 6.07) is 6.23. The standard InChI is InChI=1S/C16H16F2N2O2/c1-16(2,22)11-7-12(13(21)8-19)20-15(14(11)18)9-3-5-10(17)6-4-9/h3-7,22H,8,19H2,1-2H3. The van der Waals surface area contributed by atoms with Gasteiger partial charge in [-0.2, -0.15) is 0 Å². The Morgan fingerprint density at radius 2 is 1.86 bits per heavy atom. The summed E-state index contributed by atoms with van der Waals surface area (Å²) in [7, 11) is 0. The summed E-state index contributed by atoms with van der Waals surface area (Å²) in [4.78, 5) is 15.8. The van der Waals surface area contributed by atoms with Crippen LogP contribution < -0.4 is 5.73 Å². The van der Waals surface area contributed by atoms with Gasteiger partial charge in [0.15, 0.2) is 11.6 Å². The zero-order valence-electron chi connectivity index (χ0n) is 12.2. The number of nitrogens with zero attached hydrogens (tertiary/aromatic N) is 1. The van der Waals surface area contributed by atoms with E-state index in [-0.39, 0.29) is 23.5 Å². The molecule has 0 aliphatic heterocycles. The summed E-state index contributed by atoms with van der Waals surface area (Å²) >= 11 is 0. The van der Waals surface area contributed by atoms with E-state index >= 15 is 0 Å². The number of carbonyl (C=O) groups excluding carboxylic acids is 1. The van der Waals surface area contributed by atoms with Crippen molar-refractivity contribution in [2.75, 3.05) is 6.54 Å². The van der Waals surface area contributed by atoms with E-state index < -0.39 is 23.0 Å². The van der Waals surface area contributed by atoms with Crippen molar-refractivity contribution in [2.24, 2.45) is 5.73 Å². The van der Waals surface area contributed by atoms with Gasteiger partial charge in [-0.15, -0.1) is 0 Å². The Bertz CT molecular complexity index is 707. The molecule has 0 bridgehead atoms. The number of aromatic nitrogens is 1. The molecule has 0 unspecified atom stereocenters. The van der Waals surface area contributed by atoms with Crippen LogP contribution in [0.1, 0.15) is 29.9 Å². The van der Waals surface area contributed by atoms with E-state index in [1.807, 2.05) is 0 Å². The lowest BCUT2D eigenvalue weighted by Gasteiger charge is -2.20. The molecule has 0 spiro atoms. The van der Waals surface area contributed by atoms with Crippen molar-refractivity contribution >= 4 is 5.78 Å². The third kappa shape index (κ3) is 3.18. The van der Waals surface area contributed by atoms with Crippen LogP contribution in [0, 0.1) is 11.6 Å². The molecule has 0 fully saturated rings. The number of Topliss-reactive ketones (excluding diaryl/α,β-unsaturated/α-hetero) is 1. The maximum atomic E-state index is 14.6. The minimum Gasteiger partial charge on any atom is -0.386 e. The molecule has 0 saturated carbocycles. The number of rotatable bonds is 4. The van der Waals surface area contributed by atoms with E-state index in [0.717, 1.165) is 12.1 Å². The number of carbonyl (C=O) groups is 1. The maximum Gasteiger partial charge on any atom is 0.194 e. The van der Waals surface area contributed by atoms with Gasteiger partial charge >= 0.3 is 0 Å². The summed E-state index contributed by atoms with van der Waals surface area (Å²) in [5.41, 5.74) is 3.87. The molecule has 0 atom stereocenters.